The van der Waals surface area contributed by atoms with Crippen LogP contribution in [0.4, 0.5) is 0 Å². The van der Waals surface area contributed by atoms with Gasteiger partial charge in [0.05, 0.1) is 18.8 Å². The molecule has 3 unspecified atom stereocenters. The van der Waals surface area contributed by atoms with E-state index in [1.165, 1.54) is 135 Å². The van der Waals surface area contributed by atoms with Crippen molar-refractivity contribution in [1.82, 2.24) is 5.32 Å². The SMILES string of the molecule is CCCCCCCCCCCCCC/C=C/CC/C=C/C(O)C(CO)NC(=O)C(O)CCCCCCCCCCCCCC. The second-order valence-corrected chi connectivity index (χ2v) is 13.1. The summed E-state index contributed by atoms with van der Waals surface area (Å²) in [5, 5.41) is 32.9. The number of carbonyl (C=O) groups excluding carboxylic acids is 1. The molecule has 44 heavy (non-hydrogen) atoms. The van der Waals surface area contributed by atoms with Crippen LogP contribution in [0.5, 0.6) is 0 Å². The van der Waals surface area contributed by atoms with Crippen LogP contribution in [-0.2, 0) is 4.79 Å². The van der Waals surface area contributed by atoms with Gasteiger partial charge in [-0.25, -0.2) is 0 Å². The van der Waals surface area contributed by atoms with Crippen LogP contribution >= 0.6 is 0 Å². The van der Waals surface area contributed by atoms with Gasteiger partial charge in [0, 0.05) is 0 Å². The van der Waals surface area contributed by atoms with E-state index in [1.54, 1.807) is 6.08 Å². The van der Waals surface area contributed by atoms with Crippen molar-refractivity contribution >= 4 is 5.91 Å². The predicted molar refractivity (Wildman–Crippen MR) is 190 cm³/mol. The largest absolute Gasteiger partial charge is 0.394 e. The van der Waals surface area contributed by atoms with E-state index in [0.29, 0.717) is 6.42 Å². The number of rotatable bonds is 34. The van der Waals surface area contributed by atoms with Gasteiger partial charge < -0.3 is 20.6 Å². The predicted octanol–water partition coefficient (Wildman–Crippen LogP) is 10.3. The summed E-state index contributed by atoms with van der Waals surface area (Å²) in [5.41, 5.74) is 0. The molecule has 0 heterocycles. The summed E-state index contributed by atoms with van der Waals surface area (Å²) in [6.07, 6.45) is 40.5. The summed E-state index contributed by atoms with van der Waals surface area (Å²) < 4.78 is 0. The van der Waals surface area contributed by atoms with Crippen LogP contribution in [0.1, 0.15) is 194 Å². The Morgan fingerprint density at radius 2 is 0.932 bits per heavy atom. The van der Waals surface area contributed by atoms with E-state index in [9.17, 15) is 20.1 Å². The minimum atomic E-state index is -1.10. The number of aliphatic hydroxyl groups is 3. The van der Waals surface area contributed by atoms with E-state index >= 15 is 0 Å². The fraction of sp³-hybridized carbons (Fsp3) is 0.872. The molecule has 0 aliphatic rings. The molecule has 3 atom stereocenters. The summed E-state index contributed by atoms with van der Waals surface area (Å²) in [4.78, 5) is 12.4. The minimum absolute atomic E-state index is 0.373. The van der Waals surface area contributed by atoms with Crippen LogP contribution in [0.25, 0.3) is 0 Å². The average molecular weight is 622 g/mol. The van der Waals surface area contributed by atoms with Crippen LogP contribution in [0.2, 0.25) is 0 Å². The van der Waals surface area contributed by atoms with Crippen LogP contribution < -0.4 is 5.32 Å². The zero-order chi connectivity index (χ0) is 32.4. The zero-order valence-corrected chi connectivity index (χ0v) is 29.3. The van der Waals surface area contributed by atoms with Crippen LogP contribution in [0.3, 0.4) is 0 Å². The molecule has 5 heteroatoms. The molecule has 0 bridgehead atoms. The van der Waals surface area contributed by atoms with Gasteiger partial charge in [0.25, 0.3) is 0 Å². The van der Waals surface area contributed by atoms with Crippen molar-refractivity contribution in [3.05, 3.63) is 24.3 Å². The van der Waals surface area contributed by atoms with Crippen molar-refractivity contribution in [3.63, 3.8) is 0 Å². The lowest BCUT2D eigenvalue weighted by Crippen LogP contribution is -2.48. The Bertz CT molecular complexity index is 650. The third-order valence-corrected chi connectivity index (χ3v) is 8.79. The number of aliphatic hydroxyl groups excluding tert-OH is 3. The molecule has 0 aliphatic carbocycles. The van der Waals surface area contributed by atoms with Gasteiger partial charge in [-0.1, -0.05) is 186 Å². The number of hydrogen-bond donors (Lipinski definition) is 4. The number of nitrogens with one attached hydrogen (secondary N) is 1. The molecule has 0 aromatic heterocycles. The quantitative estimate of drug-likeness (QED) is 0.0425. The number of carbonyl (C=O) groups is 1. The highest BCUT2D eigenvalue weighted by Gasteiger charge is 2.22. The molecule has 260 valence electrons. The summed E-state index contributed by atoms with van der Waals surface area (Å²) >= 11 is 0. The summed E-state index contributed by atoms with van der Waals surface area (Å²) in [6, 6.07) is -0.809. The minimum Gasteiger partial charge on any atom is -0.394 e. The first-order chi connectivity index (χ1) is 21.6. The number of allylic oxidation sites excluding steroid dienone is 3. The standard InChI is InChI=1S/C39H75NO4/c1-3-5-7-9-11-13-15-17-18-19-20-21-22-24-25-27-29-31-33-37(42)36(35-41)40-39(44)38(43)34-32-30-28-26-23-16-14-12-10-8-6-4-2/h24-25,31,33,36-38,41-43H,3-23,26-30,32,34-35H2,1-2H3,(H,40,44)/b25-24+,33-31+. The Morgan fingerprint density at radius 3 is 1.39 bits per heavy atom. The van der Waals surface area contributed by atoms with Crippen molar-refractivity contribution in [2.75, 3.05) is 6.61 Å². The molecule has 1 amide bonds. The first kappa shape index (κ1) is 42.8. The highest BCUT2D eigenvalue weighted by molar-refractivity contribution is 5.80. The lowest BCUT2D eigenvalue weighted by atomic mass is 10.0. The lowest BCUT2D eigenvalue weighted by Gasteiger charge is -2.21. The van der Waals surface area contributed by atoms with Crippen LogP contribution in [-0.4, -0.2) is 46.1 Å². The normalized spacial score (nSPS) is 14.0. The molecule has 4 N–H and O–H groups in total. The monoisotopic (exact) mass is 622 g/mol. The van der Waals surface area contributed by atoms with Gasteiger partial charge in [-0.2, -0.15) is 0 Å². The Morgan fingerprint density at radius 1 is 0.545 bits per heavy atom. The van der Waals surface area contributed by atoms with E-state index < -0.39 is 24.2 Å². The molecule has 0 rings (SSSR count). The highest BCUT2D eigenvalue weighted by Crippen LogP contribution is 2.14. The fourth-order valence-corrected chi connectivity index (χ4v) is 5.73. The Labute approximate surface area is 273 Å². The molecular weight excluding hydrogens is 546 g/mol. The van der Waals surface area contributed by atoms with Gasteiger partial charge in [0.2, 0.25) is 5.91 Å². The highest BCUT2D eigenvalue weighted by atomic mass is 16.3. The molecular formula is C39H75NO4. The summed E-state index contributed by atoms with van der Waals surface area (Å²) in [7, 11) is 0. The van der Waals surface area contributed by atoms with Crippen molar-refractivity contribution in [3.8, 4) is 0 Å². The van der Waals surface area contributed by atoms with Gasteiger partial charge in [-0.05, 0) is 32.1 Å². The van der Waals surface area contributed by atoms with Gasteiger partial charge in [-0.3, -0.25) is 4.79 Å². The molecule has 0 spiro atoms. The molecule has 0 fully saturated rings. The molecule has 0 aliphatic heterocycles. The van der Waals surface area contributed by atoms with Crippen LogP contribution in [0, 0.1) is 0 Å². The molecule has 0 saturated carbocycles. The topological polar surface area (TPSA) is 89.8 Å². The first-order valence-corrected chi connectivity index (χ1v) is 19.2. The zero-order valence-electron chi connectivity index (χ0n) is 29.3. The van der Waals surface area contributed by atoms with E-state index in [4.69, 9.17) is 0 Å². The lowest BCUT2D eigenvalue weighted by molar-refractivity contribution is -0.131. The van der Waals surface area contributed by atoms with E-state index in [-0.39, 0.29) is 6.61 Å². The van der Waals surface area contributed by atoms with E-state index in [0.717, 1.165) is 38.5 Å². The van der Waals surface area contributed by atoms with Crippen molar-refractivity contribution in [1.29, 1.82) is 0 Å². The van der Waals surface area contributed by atoms with Gasteiger partial charge >= 0.3 is 0 Å². The molecule has 5 nitrogen and oxygen atoms in total. The summed E-state index contributed by atoms with van der Waals surface area (Å²) in [5.74, 6) is -0.514. The Kier molecular flexibility index (Phi) is 33.8. The second kappa shape index (κ2) is 34.7. The average Bonchev–Trinajstić information content (AvgIpc) is 3.03. The smallest absolute Gasteiger partial charge is 0.249 e. The molecule has 0 aromatic carbocycles. The maximum Gasteiger partial charge on any atom is 0.249 e. The molecule has 0 radical (unpaired) electrons. The number of unbranched alkanes of at least 4 members (excludes halogenated alkanes) is 24. The van der Waals surface area contributed by atoms with E-state index in [2.05, 4.69) is 31.3 Å². The van der Waals surface area contributed by atoms with Crippen molar-refractivity contribution < 1.29 is 20.1 Å². The third-order valence-electron chi connectivity index (χ3n) is 8.79. The maximum absolute atomic E-state index is 12.4. The number of hydrogen-bond acceptors (Lipinski definition) is 4. The first-order valence-electron chi connectivity index (χ1n) is 19.2. The Hall–Kier alpha value is -1.17. The van der Waals surface area contributed by atoms with Gasteiger partial charge in [0.15, 0.2) is 0 Å². The van der Waals surface area contributed by atoms with Crippen molar-refractivity contribution in [2.24, 2.45) is 0 Å². The number of amides is 1. The van der Waals surface area contributed by atoms with Crippen molar-refractivity contribution in [2.45, 2.75) is 212 Å². The third kappa shape index (κ3) is 29.5. The fourth-order valence-electron chi connectivity index (χ4n) is 5.73. The van der Waals surface area contributed by atoms with Gasteiger partial charge in [-0.15, -0.1) is 0 Å². The Balaban J connectivity index is 3.76. The summed E-state index contributed by atoms with van der Waals surface area (Å²) in [6.45, 7) is 4.15. The maximum atomic E-state index is 12.4. The van der Waals surface area contributed by atoms with Crippen LogP contribution in [0.15, 0.2) is 24.3 Å². The van der Waals surface area contributed by atoms with Gasteiger partial charge in [0.1, 0.15) is 6.10 Å². The van der Waals surface area contributed by atoms with E-state index in [1.807, 2.05) is 6.08 Å². The second-order valence-electron chi connectivity index (χ2n) is 13.1. The molecule has 0 aromatic rings. The molecule has 0 saturated heterocycles.